The number of carbonyl (C=O) groups excluding carboxylic acids is 2. The highest BCUT2D eigenvalue weighted by Gasteiger charge is 2.40. The normalized spacial score (nSPS) is 20.4. The third-order valence-corrected chi connectivity index (χ3v) is 4.37. The Morgan fingerprint density at radius 1 is 1.40 bits per heavy atom. The Morgan fingerprint density at radius 3 is 2.76 bits per heavy atom. The van der Waals surface area contributed by atoms with Crippen LogP contribution in [0.1, 0.15) is 18.9 Å². The molecule has 6 nitrogen and oxygen atoms in total. The molecular weight excluding hydrogens is 327 g/mol. The van der Waals surface area contributed by atoms with Crippen molar-refractivity contribution in [3.05, 3.63) is 35.6 Å². The highest BCUT2D eigenvalue weighted by atomic mass is 19.1. The molecule has 1 aliphatic rings. The van der Waals surface area contributed by atoms with E-state index in [1.807, 2.05) is 0 Å². The fourth-order valence-corrected chi connectivity index (χ4v) is 3.00. The Kier molecular flexibility index (Phi) is 6.50. The molecule has 0 aromatic heterocycles. The number of rotatable bonds is 6. The van der Waals surface area contributed by atoms with Gasteiger partial charge < -0.3 is 19.3 Å². The topological polar surface area (TPSA) is 59.1 Å². The SMILES string of the molecule is COCC1(CC(=O)N(C)Cc2ccccc2F)CN(C(C)=O)CCO1. The number of ether oxygens (including phenoxy) is 2. The van der Waals surface area contributed by atoms with Gasteiger partial charge >= 0.3 is 0 Å². The van der Waals surface area contributed by atoms with Crippen molar-refractivity contribution < 1.29 is 23.5 Å². The maximum absolute atomic E-state index is 13.8. The van der Waals surface area contributed by atoms with Crippen molar-refractivity contribution in [3.8, 4) is 0 Å². The van der Waals surface area contributed by atoms with Crippen LogP contribution in [0.4, 0.5) is 4.39 Å². The molecule has 0 aliphatic carbocycles. The van der Waals surface area contributed by atoms with E-state index in [0.717, 1.165) is 0 Å². The summed E-state index contributed by atoms with van der Waals surface area (Å²) >= 11 is 0. The van der Waals surface area contributed by atoms with E-state index < -0.39 is 5.60 Å². The fraction of sp³-hybridized carbons (Fsp3) is 0.556. The van der Waals surface area contributed by atoms with Gasteiger partial charge in [-0.25, -0.2) is 4.39 Å². The molecular formula is C18H25FN2O4. The second-order valence-electron chi connectivity index (χ2n) is 6.42. The number of methoxy groups -OCH3 is 1. The number of benzene rings is 1. The van der Waals surface area contributed by atoms with Crippen LogP contribution >= 0.6 is 0 Å². The lowest BCUT2D eigenvalue weighted by atomic mass is 9.96. The van der Waals surface area contributed by atoms with Crippen LogP contribution in [0.25, 0.3) is 0 Å². The van der Waals surface area contributed by atoms with Gasteiger partial charge in [0.25, 0.3) is 0 Å². The van der Waals surface area contributed by atoms with Gasteiger partial charge in [-0.05, 0) is 6.07 Å². The summed E-state index contributed by atoms with van der Waals surface area (Å²) in [6.45, 7) is 3.03. The maximum Gasteiger partial charge on any atom is 0.225 e. The van der Waals surface area contributed by atoms with Gasteiger partial charge in [0.1, 0.15) is 11.4 Å². The summed E-state index contributed by atoms with van der Waals surface area (Å²) in [4.78, 5) is 27.5. The van der Waals surface area contributed by atoms with Gasteiger partial charge in [-0.15, -0.1) is 0 Å². The van der Waals surface area contributed by atoms with Crippen molar-refractivity contribution >= 4 is 11.8 Å². The molecule has 1 fully saturated rings. The molecule has 138 valence electrons. The second kappa shape index (κ2) is 8.40. The van der Waals surface area contributed by atoms with E-state index in [0.29, 0.717) is 25.3 Å². The van der Waals surface area contributed by atoms with Gasteiger partial charge in [0.05, 0.1) is 26.2 Å². The molecule has 1 aromatic rings. The summed E-state index contributed by atoms with van der Waals surface area (Å²) in [5.74, 6) is -0.591. The van der Waals surface area contributed by atoms with Crippen molar-refractivity contribution in [1.82, 2.24) is 9.80 Å². The first-order valence-electron chi connectivity index (χ1n) is 8.23. The number of halogens is 1. The van der Waals surface area contributed by atoms with E-state index in [1.165, 1.54) is 25.0 Å². The van der Waals surface area contributed by atoms with Crippen molar-refractivity contribution in [2.45, 2.75) is 25.5 Å². The van der Waals surface area contributed by atoms with Gasteiger partial charge in [0, 0.05) is 39.7 Å². The van der Waals surface area contributed by atoms with E-state index >= 15 is 0 Å². The minimum atomic E-state index is -0.876. The highest BCUT2D eigenvalue weighted by molar-refractivity contribution is 5.78. The van der Waals surface area contributed by atoms with Crippen LogP contribution in [0.15, 0.2) is 24.3 Å². The summed E-state index contributed by atoms with van der Waals surface area (Å²) in [5.41, 5.74) is -0.423. The molecule has 1 aromatic carbocycles. The Bertz CT molecular complexity index is 621. The molecule has 0 radical (unpaired) electrons. The largest absolute Gasteiger partial charge is 0.382 e. The molecule has 0 N–H and O–H groups in total. The van der Waals surface area contributed by atoms with E-state index in [-0.39, 0.29) is 37.2 Å². The smallest absolute Gasteiger partial charge is 0.225 e. The van der Waals surface area contributed by atoms with Crippen LogP contribution in [-0.4, -0.2) is 67.7 Å². The minimum absolute atomic E-state index is 0.0593. The second-order valence-corrected chi connectivity index (χ2v) is 6.42. The minimum Gasteiger partial charge on any atom is -0.382 e. The van der Waals surface area contributed by atoms with Gasteiger partial charge in [-0.1, -0.05) is 18.2 Å². The predicted octanol–water partition coefficient (Wildman–Crippen LogP) is 1.44. The van der Waals surface area contributed by atoms with E-state index in [1.54, 1.807) is 30.1 Å². The van der Waals surface area contributed by atoms with Gasteiger partial charge in [-0.2, -0.15) is 0 Å². The quantitative estimate of drug-likeness (QED) is 0.777. The van der Waals surface area contributed by atoms with Crippen molar-refractivity contribution in [2.24, 2.45) is 0 Å². The molecule has 7 heteroatoms. The molecule has 0 saturated carbocycles. The third-order valence-electron chi connectivity index (χ3n) is 4.37. The first kappa shape index (κ1) is 19.3. The molecule has 1 atom stereocenters. The van der Waals surface area contributed by atoms with E-state index in [9.17, 15) is 14.0 Å². The number of amides is 2. The van der Waals surface area contributed by atoms with E-state index in [4.69, 9.17) is 9.47 Å². The monoisotopic (exact) mass is 352 g/mol. The van der Waals surface area contributed by atoms with Crippen molar-refractivity contribution in [3.63, 3.8) is 0 Å². The zero-order valence-electron chi connectivity index (χ0n) is 15.0. The fourth-order valence-electron chi connectivity index (χ4n) is 3.00. The van der Waals surface area contributed by atoms with Crippen molar-refractivity contribution in [1.29, 1.82) is 0 Å². The summed E-state index contributed by atoms with van der Waals surface area (Å²) < 4.78 is 24.9. The molecule has 2 rings (SSSR count). The average molecular weight is 352 g/mol. The molecule has 1 heterocycles. The van der Waals surface area contributed by atoms with E-state index in [2.05, 4.69) is 0 Å². The molecule has 1 aliphatic heterocycles. The molecule has 1 unspecified atom stereocenters. The number of hydrogen-bond acceptors (Lipinski definition) is 4. The Labute approximate surface area is 147 Å². The average Bonchev–Trinajstić information content (AvgIpc) is 2.57. The van der Waals surface area contributed by atoms with Crippen LogP contribution in [0.5, 0.6) is 0 Å². The lowest BCUT2D eigenvalue weighted by Crippen LogP contribution is -2.57. The van der Waals surface area contributed by atoms with Crippen LogP contribution in [0.2, 0.25) is 0 Å². The molecule has 25 heavy (non-hydrogen) atoms. The number of carbonyl (C=O) groups is 2. The number of morpholine rings is 1. The molecule has 0 spiro atoms. The Balaban J connectivity index is 2.06. The predicted molar refractivity (Wildman–Crippen MR) is 90.3 cm³/mol. The summed E-state index contributed by atoms with van der Waals surface area (Å²) in [5, 5.41) is 0. The first-order valence-corrected chi connectivity index (χ1v) is 8.23. The van der Waals surface area contributed by atoms with Crippen LogP contribution in [-0.2, 0) is 25.6 Å². The van der Waals surface area contributed by atoms with Gasteiger partial charge in [0.15, 0.2) is 0 Å². The summed E-state index contributed by atoms with van der Waals surface area (Å²) in [6, 6.07) is 6.37. The van der Waals surface area contributed by atoms with Gasteiger partial charge in [-0.3, -0.25) is 9.59 Å². The van der Waals surface area contributed by atoms with Crippen LogP contribution in [0, 0.1) is 5.82 Å². The Morgan fingerprint density at radius 2 is 2.12 bits per heavy atom. The molecule has 2 amide bonds. The standard InChI is InChI=1S/C18H25FN2O4/c1-14(22)21-8-9-25-18(12-21,13-24-3)10-17(23)20(2)11-15-6-4-5-7-16(15)19/h4-7H,8-13H2,1-3H3. The lowest BCUT2D eigenvalue weighted by Gasteiger charge is -2.42. The van der Waals surface area contributed by atoms with Crippen molar-refractivity contribution in [2.75, 3.05) is 40.5 Å². The van der Waals surface area contributed by atoms with Gasteiger partial charge in [0.2, 0.25) is 11.8 Å². The number of hydrogen-bond donors (Lipinski definition) is 0. The molecule has 0 bridgehead atoms. The zero-order valence-corrected chi connectivity index (χ0v) is 15.0. The summed E-state index contributed by atoms with van der Waals surface area (Å²) in [6.07, 6.45) is 0.0651. The highest BCUT2D eigenvalue weighted by Crippen LogP contribution is 2.24. The van der Waals surface area contributed by atoms with Crippen LogP contribution in [0.3, 0.4) is 0 Å². The molecule has 1 saturated heterocycles. The number of nitrogens with zero attached hydrogens (tertiary/aromatic N) is 2. The first-order chi connectivity index (χ1) is 11.9. The van der Waals surface area contributed by atoms with Crippen LogP contribution < -0.4 is 0 Å². The lowest BCUT2D eigenvalue weighted by molar-refractivity contribution is -0.168. The summed E-state index contributed by atoms with van der Waals surface area (Å²) in [7, 11) is 3.16. The Hall–Kier alpha value is -1.99. The maximum atomic E-state index is 13.8. The third kappa shape index (κ3) is 4.99. The zero-order chi connectivity index (χ0) is 18.4.